The summed E-state index contributed by atoms with van der Waals surface area (Å²) in [5.41, 5.74) is 6.21. The highest BCUT2D eigenvalue weighted by Gasteiger charge is 2.48. The first kappa shape index (κ1) is 17.2. The summed E-state index contributed by atoms with van der Waals surface area (Å²) in [7, 11) is 0. The number of likely N-dealkylation sites (tertiary alicyclic amines) is 1. The lowest BCUT2D eigenvalue weighted by Crippen LogP contribution is -2.35. The van der Waals surface area contributed by atoms with Gasteiger partial charge in [-0.15, -0.1) is 12.4 Å². The molecule has 3 unspecified atom stereocenters. The van der Waals surface area contributed by atoms with E-state index < -0.39 is 11.6 Å². The van der Waals surface area contributed by atoms with Crippen LogP contribution in [0.15, 0.2) is 18.2 Å². The molecule has 1 aliphatic carbocycles. The maximum absolute atomic E-state index is 13.8. The highest BCUT2D eigenvalue weighted by Crippen LogP contribution is 2.50. The van der Waals surface area contributed by atoms with Crippen molar-refractivity contribution in [2.45, 2.75) is 25.7 Å². The molecule has 1 aromatic carbocycles. The lowest BCUT2D eigenvalue weighted by atomic mass is 9.90. The van der Waals surface area contributed by atoms with Crippen molar-refractivity contribution < 1.29 is 13.6 Å². The molecule has 0 aromatic heterocycles. The van der Waals surface area contributed by atoms with Crippen molar-refractivity contribution in [2.24, 2.45) is 17.1 Å². The predicted octanol–water partition coefficient (Wildman–Crippen LogP) is 2.69. The van der Waals surface area contributed by atoms with Crippen LogP contribution in [0.2, 0.25) is 0 Å². The van der Waals surface area contributed by atoms with Gasteiger partial charge in [-0.1, -0.05) is 13.0 Å². The van der Waals surface area contributed by atoms with Gasteiger partial charge in [-0.2, -0.15) is 0 Å². The molecule has 3 rings (SSSR count). The summed E-state index contributed by atoms with van der Waals surface area (Å²) in [6.45, 7) is 4.06. The van der Waals surface area contributed by atoms with E-state index in [-0.39, 0.29) is 35.6 Å². The molecule has 1 saturated carbocycles. The second kappa shape index (κ2) is 6.13. The van der Waals surface area contributed by atoms with Gasteiger partial charge in [0.05, 0.1) is 0 Å². The van der Waals surface area contributed by atoms with Crippen molar-refractivity contribution in [3.05, 3.63) is 35.4 Å². The van der Waals surface area contributed by atoms with Crippen LogP contribution in [0, 0.1) is 23.0 Å². The van der Waals surface area contributed by atoms with Crippen LogP contribution in [0.4, 0.5) is 8.78 Å². The number of amides is 1. The van der Waals surface area contributed by atoms with E-state index in [1.165, 1.54) is 12.1 Å². The minimum Gasteiger partial charge on any atom is -0.342 e. The Morgan fingerprint density at radius 3 is 2.77 bits per heavy atom. The normalized spacial score (nSPS) is 30.1. The van der Waals surface area contributed by atoms with Crippen molar-refractivity contribution in [1.29, 1.82) is 0 Å². The molecule has 0 spiro atoms. The minimum absolute atomic E-state index is 0. The van der Waals surface area contributed by atoms with E-state index in [1.54, 1.807) is 0 Å². The van der Waals surface area contributed by atoms with E-state index >= 15 is 0 Å². The molecular weight excluding hydrogens is 310 g/mol. The first-order valence-corrected chi connectivity index (χ1v) is 7.37. The zero-order chi connectivity index (χ0) is 15.2. The number of rotatable bonds is 3. The number of carbonyl (C=O) groups is 1. The number of hydrogen-bond acceptors (Lipinski definition) is 2. The summed E-state index contributed by atoms with van der Waals surface area (Å²) < 4.78 is 26.7. The lowest BCUT2D eigenvalue weighted by Gasteiger charge is -2.22. The molecule has 122 valence electrons. The number of nitrogens with zero attached hydrogens (tertiary/aromatic N) is 1. The molecule has 3 nitrogen and oxygen atoms in total. The van der Waals surface area contributed by atoms with Gasteiger partial charge in [0.15, 0.2) is 0 Å². The molecule has 1 saturated heterocycles. The van der Waals surface area contributed by atoms with Crippen LogP contribution >= 0.6 is 12.4 Å². The van der Waals surface area contributed by atoms with E-state index in [0.717, 1.165) is 19.0 Å². The van der Waals surface area contributed by atoms with Crippen molar-refractivity contribution >= 4 is 18.3 Å². The third kappa shape index (κ3) is 3.10. The Kier molecular flexibility index (Phi) is 4.78. The summed E-state index contributed by atoms with van der Waals surface area (Å²) in [6.07, 6.45) is 1.56. The fourth-order valence-electron chi connectivity index (χ4n) is 3.23. The third-order valence-electron chi connectivity index (χ3n) is 4.83. The highest BCUT2D eigenvalue weighted by molar-refractivity contribution is 5.85. The van der Waals surface area contributed by atoms with E-state index in [0.29, 0.717) is 25.1 Å². The summed E-state index contributed by atoms with van der Waals surface area (Å²) in [5, 5.41) is 0. The van der Waals surface area contributed by atoms with Crippen molar-refractivity contribution in [1.82, 2.24) is 4.90 Å². The molecule has 1 aliphatic heterocycles. The molecule has 2 fully saturated rings. The van der Waals surface area contributed by atoms with E-state index in [4.69, 9.17) is 5.73 Å². The quantitative estimate of drug-likeness (QED) is 0.926. The van der Waals surface area contributed by atoms with Crippen LogP contribution in [0.3, 0.4) is 0 Å². The van der Waals surface area contributed by atoms with E-state index in [2.05, 4.69) is 6.92 Å². The maximum atomic E-state index is 13.8. The van der Waals surface area contributed by atoms with Crippen LogP contribution in [0.25, 0.3) is 0 Å². The van der Waals surface area contributed by atoms with Crippen LogP contribution in [-0.2, 0) is 4.79 Å². The minimum atomic E-state index is -0.585. The summed E-state index contributed by atoms with van der Waals surface area (Å²) in [6, 6.07) is 3.59. The van der Waals surface area contributed by atoms with Gasteiger partial charge in [-0.05, 0) is 42.3 Å². The van der Waals surface area contributed by atoms with Crippen LogP contribution in [0.1, 0.15) is 31.2 Å². The van der Waals surface area contributed by atoms with Gasteiger partial charge >= 0.3 is 0 Å². The SMILES string of the molecule is CC1(CN)CCN(C(=O)C2CC2c2ccc(F)cc2F)C1.Cl. The second-order valence-electron chi connectivity index (χ2n) is 6.64. The zero-order valence-electron chi connectivity index (χ0n) is 12.5. The zero-order valence-corrected chi connectivity index (χ0v) is 13.3. The predicted molar refractivity (Wildman–Crippen MR) is 82.8 cm³/mol. The number of hydrogen-bond donors (Lipinski definition) is 1. The summed E-state index contributed by atoms with van der Waals surface area (Å²) in [4.78, 5) is 14.3. The van der Waals surface area contributed by atoms with Gasteiger partial charge in [0, 0.05) is 25.1 Å². The second-order valence-corrected chi connectivity index (χ2v) is 6.64. The van der Waals surface area contributed by atoms with Crippen molar-refractivity contribution in [2.75, 3.05) is 19.6 Å². The molecule has 0 bridgehead atoms. The smallest absolute Gasteiger partial charge is 0.226 e. The number of benzene rings is 1. The lowest BCUT2D eigenvalue weighted by molar-refractivity contribution is -0.132. The Balaban J connectivity index is 0.00000176. The number of carbonyl (C=O) groups excluding carboxylic acids is 1. The Morgan fingerprint density at radius 2 is 2.18 bits per heavy atom. The van der Waals surface area contributed by atoms with Crippen LogP contribution in [0.5, 0.6) is 0 Å². The molecule has 22 heavy (non-hydrogen) atoms. The van der Waals surface area contributed by atoms with Crippen molar-refractivity contribution in [3.63, 3.8) is 0 Å². The average molecular weight is 331 g/mol. The molecule has 2 aliphatic rings. The van der Waals surface area contributed by atoms with Gasteiger partial charge < -0.3 is 10.6 Å². The fraction of sp³-hybridized carbons (Fsp3) is 0.562. The molecular formula is C16H21ClF2N2O. The van der Waals surface area contributed by atoms with Gasteiger partial charge in [-0.25, -0.2) is 8.78 Å². The molecule has 1 heterocycles. The standard InChI is InChI=1S/C16H20F2N2O.ClH/c1-16(8-19)4-5-20(9-16)15(21)13-7-12(13)11-3-2-10(17)6-14(11)18;/h2-3,6,12-13H,4-5,7-9,19H2,1H3;1H. The molecule has 1 amide bonds. The van der Waals surface area contributed by atoms with Crippen LogP contribution in [-0.4, -0.2) is 30.4 Å². The first-order valence-electron chi connectivity index (χ1n) is 7.37. The van der Waals surface area contributed by atoms with Crippen LogP contribution < -0.4 is 5.73 Å². The summed E-state index contributed by atoms with van der Waals surface area (Å²) >= 11 is 0. The van der Waals surface area contributed by atoms with Gasteiger partial charge in [-0.3, -0.25) is 4.79 Å². The Bertz CT molecular complexity index is 583. The molecule has 1 aromatic rings. The Morgan fingerprint density at radius 1 is 1.45 bits per heavy atom. The van der Waals surface area contributed by atoms with Gasteiger partial charge in [0.25, 0.3) is 0 Å². The maximum Gasteiger partial charge on any atom is 0.226 e. The van der Waals surface area contributed by atoms with E-state index in [9.17, 15) is 13.6 Å². The monoisotopic (exact) mass is 330 g/mol. The van der Waals surface area contributed by atoms with Gasteiger partial charge in [0.2, 0.25) is 5.91 Å². The topological polar surface area (TPSA) is 46.3 Å². The molecule has 0 radical (unpaired) electrons. The largest absolute Gasteiger partial charge is 0.342 e. The number of nitrogens with two attached hydrogens (primary N) is 1. The highest BCUT2D eigenvalue weighted by atomic mass is 35.5. The van der Waals surface area contributed by atoms with E-state index in [1.807, 2.05) is 4.90 Å². The van der Waals surface area contributed by atoms with Gasteiger partial charge in [0.1, 0.15) is 11.6 Å². The molecule has 6 heteroatoms. The summed E-state index contributed by atoms with van der Waals surface area (Å²) in [5.74, 6) is -1.32. The molecule has 3 atom stereocenters. The fourth-order valence-corrected chi connectivity index (χ4v) is 3.23. The Hall–Kier alpha value is -1.20. The average Bonchev–Trinajstić information content (AvgIpc) is 3.13. The third-order valence-corrected chi connectivity index (χ3v) is 4.83. The molecule has 2 N–H and O–H groups in total. The number of halogens is 3. The Labute approximate surface area is 135 Å². The van der Waals surface area contributed by atoms with Crippen molar-refractivity contribution in [3.8, 4) is 0 Å². The first-order chi connectivity index (χ1) is 9.93.